The summed E-state index contributed by atoms with van der Waals surface area (Å²) in [4.78, 5) is 2.33. The van der Waals surface area contributed by atoms with Gasteiger partial charge in [-0.3, -0.25) is 0 Å². The maximum atomic E-state index is 5.43. The third-order valence-corrected chi connectivity index (χ3v) is 2.21. The summed E-state index contributed by atoms with van der Waals surface area (Å²) >= 11 is 0. The third-order valence-electron chi connectivity index (χ3n) is 2.21. The van der Waals surface area contributed by atoms with Crippen LogP contribution in [0.4, 0.5) is 0 Å². The highest BCUT2D eigenvalue weighted by molar-refractivity contribution is 4.51. The molecule has 0 aliphatic carbocycles. The van der Waals surface area contributed by atoms with Crippen molar-refractivity contribution in [2.45, 2.75) is 32.6 Å². The van der Waals surface area contributed by atoms with E-state index in [2.05, 4.69) is 18.9 Å². The second-order valence-electron chi connectivity index (χ2n) is 3.76. The van der Waals surface area contributed by atoms with Crippen molar-refractivity contribution in [1.29, 1.82) is 0 Å². The van der Waals surface area contributed by atoms with Crippen molar-refractivity contribution in [3.63, 3.8) is 0 Å². The minimum Gasteiger partial charge on any atom is -0.380 e. The average molecular weight is 202 g/mol. The lowest BCUT2D eigenvalue weighted by atomic mass is 10.2. The number of nitrogens with zero attached hydrogens (tertiary/aromatic N) is 1. The Labute approximate surface area is 88.6 Å². The molecular formula is C11H26N2O. The van der Waals surface area contributed by atoms with Gasteiger partial charge in [0.05, 0.1) is 6.61 Å². The van der Waals surface area contributed by atoms with Gasteiger partial charge in [-0.1, -0.05) is 13.3 Å². The zero-order valence-electron chi connectivity index (χ0n) is 9.80. The molecule has 0 aliphatic rings. The van der Waals surface area contributed by atoms with E-state index in [0.717, 1.165) is 45.7 Å². The van der Waals surface area contributed by atoms with Crippen molar-refractivity contribution in [3.05, 3.63) is 0 Å². The van der Waals surface area contributed by atoms with Gasteiger partial charge in [-0.15, -0.1) is 0 Å². The average Bonchev–Trinajstić information content (AvgIpc) is 2.19. The Bertz CT molecular complexity index is 97.5. The molecule has 0 aromatic carbocycles. The van der Waals surface area contributed by atoms with E-state index in [9.17, 15) is 0 Å². The lowest BCUT2D eigenvalue weighted by Gasteiger charge is -2.16. The monoisotopic (exact) mass is 202 g/mol. The molecule has 0 radical (unpaired) electrons. The summed E-state index contributed by atoms with van der Waals surface area (Å²) in [7, 11) is 2.15. The molecule has 0 bridgehead atoms. The van der Waals surface area contributed by atoms with Crippen LogP contribution < -0.4 is 5.73 Å². The first kappa shape index (κ1) is 13.9. The maximum absolute atomic E-state index is 5.43. The van der Waals surface area contributed by atoms with E-state index in [-0.39, 0.29) is 0 Å². The van der Waals surface area contributed by atoms with Crippen molar-refractivity contribution >= 4 is 0 Å². The number of ether oxygens (including phenoxy) is 1. The van der Waals surface area contributed by atoms with Gasteiger partial charge >= 0.3 is 0 Å². The Balaban J connectivity index is 3.07. The zero-order chi connectivity index (χ0) is 10.6. The van der Waals surface area contributed by atoms with Gasteiger partial charge in [0.2, 0.25) is 0 Å². The molecule has 3 nitrogen and oxygen atoms in total. The molecular weight excluding hydrogens is 176 g/mol. The van der Waals surface area contributed by atoms with Gasteiger partial charge in [-0.25, -0.2) is 0 Å². The second kappa shape index (κ2) is 11.0. The highest BCUT2D eigenvalue weighted by Gasteiger charge is 1.97. The highest BCUT2D eigenvalue weighted by Crippen LogP contribution is 1.95. The van der Waals surface area contributed by atoms with E-state index in [0.29, 0.717) is 0 Å². The molecule has 14 heavy (non-hydrogen) atoms. The van der Waals surface area contributed by atoms with Crippen molar-refractivity contribution in [2.75, 3.05) is 39.9 Å². The van der Waals surface area contributed by atoms with Crippen LogP contribution in [0.2, 0.25) is 0 Å². The Morgan fingerprint density at radius 3 is 2.50 bits per heavy atom. The molecule has 0 aromatic rings. The summed E-state index contributed by atoms with van der Waals surface area (Å²) in [6.45, 7) is 6.92. The molecule has 0 aliphatic heterocycles. The lowest BCUT2D eigenvalue weighted by Crippen LogP contribution is -2.24. The second-order valence-corrected chi connectivity index (χ2v) is 3.76. The first-order chi connectivity index (χ1) is 6.81. The normalized spacial score (nSPS) is 11.1. The van der Waals surface area contributed by atoms with Crippen LogP contribution in [0.25, 0.3) is 0 Å². The SMILES string of the molecule is CCCOCCN(C)CCCCCN. The van der Waals surface area contributed by atoms with Crippen LogP contribution >= 0.6 is 0 Å². The van der Waals surface area contributed by atoms with Gasteiger partial charge in [-0.2, -0.15) is 0 Å². The van der Waals surface area contributed by atoms with Gasteiger partial charge in [-0.05, 0) is 39.4 Å². The van der Waals surface area contributed by atoms with Crippen molar-refractivity contribution in [2.24, 2.45) is 5.73 Å². The quantitative estimate of drug-likeness (QED) is 0.545. The van der Waals surface area contributed by atoms with E-state index in [4.69, 9.17) is 10.5 Å². The fraction of sp³-hybridized carbons (Fsp3) is 1.00. The molecule has 0 saturated heterocycles. The smallest absolute Gasteiger partial charge is 0.0593 e. The molecule has 0 spiro atoms. The van der Waals surface area contributed by atoms with Gasteiger partial charge in [0.25, 0.3) is 0 Å². The molecule has 86 valence electrons. The van der Waals surface area contributed by atoms with Gasteiger partial charge in [0.15, 0.2) is 0 Å². The van der Waals surface area contributed by atoms with E-state index in [1.165, 1.54) is 12.8 Å². The number of hydrogen-bond donors (Lipinski definition) is 1. The summed E-state index contributed by atoms with van der Waals surface area (Å²) in [6.07, 6.45) is 4.76. The zero-order valence-corrected chi connectivity index (χ0v) is 9.80. The van der Waals surface area contributed by atoms with Gasteiger partial charge in [0, 0.05) is 13.2 Å². The molecule has 3 heteroatoms. The predicted octanol–water partition coefficient (Wildman–Crippen LogP) is 1.47. The fourth-order valence-corrected chi connectivity index (χ4v) is 1.28. The van der Waals surface area contributed by atoms with Crippen molar-refractivity contribution < 1.29 is 4.74 Å². The molecule has 0 aromatic heterocycles. The summed E-state index contributed by atoms with van der Waals surface area (Å²) in [5.74, 6) is 0. The first-order valence-electron chi connectivity index (χ1n) is 5.77. The summed E-state index contributed by atoms with van der Waals surface area (Å²) < 4.78 is 5.42. The van der Waals surface area contributed by atoms with Crippen LogP contribution in [-0.4, -0.2) is 44.8 Å². The largest absolute Gasteiger partial charge is 0.380 e. The van der Waals surface area contributed by atoms with Gasteiger partial charge in [0.1, 0.15) is 0 Å². The van der Waals surface area contributed by atoms with E-state index >= 15 is 0 Å². The van der Waals surface area contributed by atoms with Crippen LogP contribution in [-0.2, 0) is 4.74 Å². The number of hydrogen-bond acceptors (Lipinski definition) is 3. The van der Waals surface area contributed by atoms with Crippen LogP contribution in [0.5, 0.6) is 0 Å². The summed E-state index contributed by atoms with van der Waals surface area (Å²) in [5, 5.41) is 0. The van der Waals surface area contributed by atoms with Crippen LogP contribution in [0.15, 0.2) is 0 Å². The van der Waals surface area contributed by atoms with Crippen LogP contribution in [0.1, 0.15) is 32.6 Å². The van der Waals surface area contributed by atoms with E-state index in [1.807, 2.05) is 0 Å². The van der Waals surface area contributed by atoms with Crippen LogP contribution in [0.3, 0.4) is 0 Å². The molecule has 0 heterocycles. The molecule has 0 rings (SSSR count). The molecule has 0 amide bonds. The molecule has 0 fully saturated rings. The van der Waals surface area contributed by atoms with Crippen molar-refractivity contribution in [3.8, 4) is 0 Å². The maximum Gasteiger partial charge on any atom is 0.0593 e. The number of rotatable bonds is 10. The van der Waals surface area contributed by atoms with Crippen LogP contribution in [0, 0.1) is 0 Å². The Morgan fingerprint density at radius 2 is 1.86 bits per heavy atom. The predicted molar refractivity (Wildman–Crippen MR) is 61.5 cm³/mol. The van der Waals surface area contributed by atoms with Gasteiger partial charge < -0.3 is 15.4 Å². The van der Waals surface area contributed by atoms with Crippen molar-refractivity contribution in [1.82, 2.24) is 4.90 Å². The lowest BCUT2D eigenvalue weighted by molar-refractivity contribution is 0.111. The number of nitrogens with two attached hydrogens (primary N) is 1. The van der Waals surface area contributed by atoms with E-state index in [1.54, 1.807) is 0 Å². The first-order valence-corrected chi connectivity index (χ1v) is 5.77. The fourth-order valence-electron chi connectivity index (χ4n) is 1.28. The Hall–Kier alpha value is -0.120. The molecule has 2 N–H and O–H groups in total. The van der Waals surface area contributed by atoms with E-state index < -0.39 is 0 Å². The number of unbranched alkanes of at least 4 members (excludes halogenated alkanes) is 2. The summed E-state index contributed by atoms with van der Waals surface area (Å²) in [6, 6.07) is 0. The number of likely N-dealkylation sites (N-methyl/N-ethyl adjacent to an activating group) is 1. The Morgan fingerprint density at radius 1 is 1.07 bits per heavy atom. The molecule has 0 saturated carbocycles. The minimum absolute atomic E-state index is 0.823. The molecule has 0 atom stereocenters. The highest BCUT2D eigenvalue weighted by atomic mass is 16.5. The topological polar surface area (TPSA) is 38.5 Å². The standard InChI is InChI=1S/C11H26N2O/c1-3-10-14-11-9-13(2)8-6-4-5-7-12/h3-12H2,1-2H3. The Kier molecular flexibility index (Phi) is 10.9. The third kappa shape index (κ3) is 9.96. The molecule has 0 unspecified atom stereocenters. The minimum atomic E-state index is 0.823. The summed E-state index contributed by atoms with van der Waals surface area (Å²) in [5.41, 5.74) is 5.43.